The second-order valence-electron chi connectivity index (χ2n) is 10.3. The molecule has 0 saturated carbocycles. The minimum Gasteiger partial charge on any atom is -0.449 e. The molecular formula is C28H34ClN5O3. The number of nitrogens with zero attached hydrogens (tertiary/aromatic N) is 4. The Hall–Kier alpha value is -3.15. The molecule has 2 aliphatic heterocycles. The first-order valence-electron chi connectivity index (χ1n) is 12.8. The van der Waals surface area contributed by atoms with Crippen LogP contribution in [0.25, 0.3) is 0 Å². The zero-order valence-corrected chi connectivity index (χ0v) is 22.4. The number of aromatic nitrogens is 1. The molecule has 8 nitrogen and oxygen atoms in total. The molecule has 0 aliphatic carbocycles. The van der Waals surface area contributed by atoms with E-state index in [9.17, 15) is 9.59 Å². The van der Waals surface area contributed by atoms with Crippen molar-refractivity contribution in [1.29, 1.82) is 5.26 Å². The summed E-state index contributed by atoms with van der Waals surface area (Å²) in [5, 5.41) is 13.1. The van der Waals surface area contributed by atoms with E-state index in [2.05, 4.69) is 21.3 Å². The fraction of sp³-hybridized carbons (Fsp3) is 0.500. The zero-order chi connectivity index (χ0) is 26.6. The van der Waals surface area contributed by atoms with Gasteiger partial charge in [-0.05, 0) is 48.6 Å². The number of hydrogen-bond acceptors (Lipinski definition) is 7. The summed E-state index contributed by atoms with van der Waals surface area (Å²) < 4.78 is 5.58. The molecule has 37 heavy (non-hydrogen) atoms. The van der Waals surface area contributed by atoms with Crippen LogP contribution >= 0.6 is 11.6 Å². The fourth-order valence-electron chi connectivity index (χ4n) is 5.43. The van der Waals surface area contributed by atoms with Crippen molar-refractivity contribution in [1.82, 2.24) is 15.2 Å². The number of benzene rings is 1. The molecular weight excluding hydrogens is 490 g/mol. The van der Waals surface area contributed by atoms with E-state index in [1.807, 2.05) is 44.2 Å². The number of pyridine rings is 1. The van der Waals surface area contributed by atoms with Crippen molar-refractivity contribution in [3.63, 3.8) is 0 Å². The maximum Gasteiger partial charge on any atom is 0.410 e. The van der Waals surface area contributed by atoms with Gasteiger partial charge in [0.15, 0.2) is 5.78 Å². The molecule has 2 fully saturated rings. The molecule has 2 saturated heterocycles. The van der Waals surface area contributed by atoms with Crippen molar-refractivity contribution in [2.75, 3.05) is 44.7 Å². The number of ketones is 1. The smallest absolute Gasteiger partial charge is 0.410 e. The Morgan fingerprint density at radius 3 is 2.54 bits per heavy atom. The molecule has 4 rings (SSSR count). The van der Waals surface area contributed by atoms with E-state index >= 15 is 0 Å². The number of carbonyl (C=O) groups is 2. The highest BCUT2D eigenvalue weighted by molar-refractivity contribution is 6.30. The molecule has 9 heteroatoms. The molecule has 2 aromatic rings. The minimum atomic E-state index is -1.07. The Morgan fingerprint density at radius 2 is 1.95 bits per heavy atom. The van der Waals surface area contributed by atoms with E-state index in [1.54, 1.807) is 19.3 Å². The van der Waals surface area contributed by atoms with Crippen LogP contribution in [0.1, 0.15) is 43.7 Å². The van der Waals surface area contributed by atoms with E-state index in [0.29, 0.717) is 56.2 Å². The van der Waals surface area contributed by atoms with Crippen LogP contribution in [-0.2, 0) is 9.53 Å². The summed E-state index contributed by atoms with van der Waals surface area (Å²) in [5.41, 5.74) is 0.414. The van der Waals surface area contributed by atoms with Crippen LogP contribution in [0.2, 0.25) is 5.02 Å². The predicted octanol–water partition coefficient (Wildman–Crippen LogP) is 4.24. The van der Waals surface area contributed by atoms with Crippen molar-refractivity contribution in [2.24, 2.45) is 11.8 Å². The fourth-order valence-corrected chi connectivity index (χ4v) is 5.55. The molecule has 2 aliphatic rings. The Labute approximate surface area is 223 Å². The summed E-state index contributed by atoms with van der Waals surface area (Å²) >= 11 is 6.15. The van der Waals surface area contributed by atoms with Crippen LogP contribution in [0.4, 0.5) is 10.6 Å². The summed E-state index contributed by atoms with van der Waals surface area (Å²) in [6, 6.07) is 13.2. The van der Waals surface area contributed by atoms with Crippen molar-refractivity contribution in [3.8, 4) is 6.07 Å². The lowest BCUT2D eigenvalue weighted by molar-refractivity contribution is -0.134. The van der Waals surface area contributed by atoms with Crippen molar-refractivity contribution < 1.29 is 14.3 Å². The molecule has 1 amide bonds. The average Bonchev–Trinajstić information content (AvgIpc) is 3.37. The molecule has 0 radical (unpaired) electrons. The van der Waals surface area contributed by atoms with Gasteiger partial charge in [0, 0.05) is 56.3 Å². The van der Waals surface area contributed by atoms with E-state index in [1.165, 1.54) is 4.90 Å². The summed E-state index contributed by atoms with van der Waals surface area (Å²) in [5.74, 6) is 0.624. The average molecular weight is 524 g/mol. The first-order chi connectivity index (χ1) is 17.8. The van der Waals surface area contributed by atoms with Gasteiger partial charge in [0.25, 0.3) is 0 Å². The lowest BCUT2D eigenvalue weighted by Gasteiger charge is -2.44. The van der Waals surface area contributed by atoms with Crippen LogP contribution < -0.4 is 10.2 Å². The molecule has 0 unspecified atom stereocenters. The topological polar surface area (TPSA) is 98.6 Å². The van der Waals surface area contributed by atoms with Gasteiger partial charge in [-0.15, -0.1) is 0 Å². The number of piperidine rings is 1. The first kappa shape index (κ1) is 26.9. The number of anilines is 1. The second kappa shape index (κ2) is 11.5. The van der Waals surface area contributed by atoms with E-state index in [0.717, 1.165) is 11.4 Å². The first-order valence-corrected chi connectivity index (χ1v) is 13.2. The maximum atomic E-state index is 14.4. The van der Waals surface area contributed by atoms with Gasteiger partial charge in [-0.1, -0.05) is 37.6 Å². The van der Waals surface area contributed by atoms with Gasteiger partial charge >= 0.3 is 6.09 Å². The number of ether oxygens (including phenoxy) is 1. The van der Waals surface area contributed by atoms with Crippen molar-refractivity contribution in [3.05, 3.63) is 58.7 Å². The van der Waals surface area contributed by atoms with Gasteiger partial charge in [0.2, 0.25) is 0 Å². The number of nitriles is 1. The summed E-state index contributed by atoms with van der Waals surface area (Å²) in [4.78, 5) is 35.7. The minimum absolute atomic E-state index is 0.0638. The number of amides is 1. The standard InChI is InChI=1S/C28H34ClN5O3/c1-19(2)17-37-27(36)33(3)28(18-31-16-24(28)21-5-7-23(29)8-6-21)26(35)22-10-12-34(13-11-22)25-9-4-20(14-30)15-32-25/h4-9,15,19,22,24,31H,10-13,16-18H2,1-3H3/t24-,28+/m0/s1. The number of Topliss-reactive ketones (excluding diaryl/α,β-unsaturated/α-hetero) is 1. The highest BCUT2D eigenvalue weighted by Gasteiger charge is 2.56. The van der Waals surface area contributed by atoms with Gasteiger partial charge in [0.1, 0.15) is 17.4 Å². The van der Waals surface area contributed by atoms with Gasteiger partial charge in [-0.3, -0.25) is 9.69 Å². The van der Waals surface area contributed by atoms with Crippen LogP contribution in [0, 0.1) is 23.2 Å². The van der Waals surface area contributed by atoms with Crippen molar-refractivity contribution in [2.45, 2.75) is 38.1 Å². The Balaban J connectivity index is 1.58. The molecule has 1 aromatic carbocycles. The lowest BCUT2D eigenvalue weighted by atomic mass is 9.72. The van der Waals surface area contributed by atoms with E-state index in [-0.39, 0.29) is 23.5 Å². The number of nitrogens with one attached hydrogen (secondary N) is 1. The van der Waals surface area contributed by atoms with Crippen molar-refractivity contribution >= 4 is 29.3 Å². The number of carbonyl (C=O) groups excluding carboxylic acids is 2. The maximum absolute atomic E-state index is 14.4. The normalized spacial score (nSPS) is 22.1. The summed E-state index contributed by atoms with van der Waals surface area (Å²) in [6.07, 6.45) is 2.40. The van der Waals surface area contributed by atoms with Gasteiger partial charge in [0.05, 0.1) is 12.2 Å². The second-order valence-corrected chi connectivity index (χ2v) is 10.8. The SMILES string of the molecule is CC(C)COC(=O)N(C)[C@]1(C(=O)C2CCN(c3ccc(C#N)cn3)CC2)CNC[C@H]1c1ccc(Cl)cc1. The van der Waals surface area contributed by atoms with Gasteiger partial charge < -0.3 is 15.0 Å². The highest BCUT2D eigenvalue weighted by Crippen LogP contribution is 2.41. The number of likely N-dealkylation sites (N-methyl/N-ethyl adjacent to an activating group) is 1. The molecule has 1 aromatic heterocycles. The van der Waals surface area contributed by atoms with E-state index in [4.69, 9.17) is 21.6 Å². The lowest BCUT2D eigenvalue weighted by Crippen LogP contribution is -2.62. The number of rotatable bonds is 7. The molecule has 2 atom stereocenters. The number of hydrogen-bond donors (Lipinski definition) is 1. The zero-order valence-electron chi connectivity index (χ0n) is 21.6. The highest BCUT2D eigenvalue weighted by atomic mass is 35.5. The Morgan fingerprint density at radius 1 is 1.24 bits per heavy atom. The van der Waals surface area contributed by atoms with Crippen LogP contribution in [0.3, 0.4) is 0 Å². The van der Waals surface area contributed by atoms with Crippen LogP contribution in [0.15, 0.2) is 42.6 Å². The molecule has 3 heterocycles. The summed E-state index contributed by atoms with van der Waals surface area (Å²) in [6.45, 7) is 6.55. The predicted molar refractivity (Wildman–Crippen MR) is 143 cm³/mol. The Bertz CT molecular complexity index is 1140. The van der Waals surface area contributed by atoms with Gasteiger partial charge in [-0.2, -0.15) is 5.26 Å². The van der Waals surface area contributed by atoms with E-state index < -0.39 is 11.6 Å². The molecule has 196 valence electrons. The monoisotopic (exact) mass is 523 g/mol. The largest absolute Gasteiger partial charge is 0.449 e. The summed E-state index contributed by atoms with van der Waals surface area (Å²) in [7, 11) is 1.69. The number of halogens is 1. The van der Waals surface area contributed by atoms with Crippen LogP contribution in [-0.4, -0.2) is 67.1 Å². The molecule has 0 bridgehead atoms. The third-order valence-electron chi connectivity index (χ3n) is 7.50. The molecule has 1 N–H and O–H groups in total. The van der Waals surface area contributed by atoms with Gasteiger partial charge in [-0.25, -0.2) is 9.78 Å². The molecule has 0 spiro atoms. The Kier molecular flexibility index (Phi) is 8.35. The third kappa shape index (κ3) is 5.58. The third-order valence-corrected chi connectivity index (χ3v) is 7.75. The van der Waals surface area contributed by atoms with Crippen LogP contribution in [0.5, 0.6) is 0 Å². The quantitative estimate of drug-likeness (QED) is 0.579.